The average molecular weight is 452 g/mol. The minimum Gasteiger partial charge on any atom is -0.369 e. The molecule has 0 aromatic heterocycles. The van der Waals surface area contributed by atoms with Gasteiger partial charge in [0.25, 0.3) is 0 Å². The van der Waals surface area contributed by atoms with E-state index in [9.17, 15) is 17.6 Å². The maximum Gasteiger partial charge on any atom is 0.213 e. The van der Waals surface area contributed by atoms with E-state index in [1.807, 2.05) is 13.8 Å². The largest absolute Gasteiger partial charge is 0.369 e. The molecular weight excluding hydrogens is 417 g/mol. The molecule has 1 saturated heterocycles. The number of nitrogens with one attached hydrogen (secondary N) is 1. The van der Waals surface area contributed by atoms with Crippen molar-refractivity contribution < 1.29 is 17.6 Å². The van der Waals surface area contributed by atoms with Crippen molar-refractivity contribution in [1.29, 1.82) is 0 Å². The molecule has 3 unspecified atom stereocenters. The number of benzene rings is 1. The van der Waals surface area contributed by atoms with Crippen molar-refractivity contribution >= 4 is 21.5 Å². The minimum absolute atomic E-state index is 0.0793. The lowest BCUT2D eigenvalue weighted by Gasteiger charge is -2.37. The second-order valence-corrected chi connectivity index (χ2v) is 12.0. The van der Waals surface area contributed by atoms with E-state index in [2.05, 4.69) is 21.6 Å². The second kappa shape index (κ2) is 7.81. The molecule has 0 radical (unpaired) electrons. The monoisotopic (exact) mass is 451 g/mol. The molecule has 1 aromatic carbocycles. The summed E-state index contributed by atoms with van der Waals surface area (Å²) in [7, 11) is -1.68. The van der Waals surface area contributed by atoms with Crippen LogP contribution < -0.4 is 9.62 Å². The van der Waals surface area contributed by atoms with E-state index in [0.717, 1.165) is 38.3 Å². The first-order valence-electron chi connectivity index (χ1n) is 11.2. The number of ketones is 1. The predicted molar refractivity (Wildman–Crippen MR) is 120 cm³/mol. The van der Waals surface area contributed by atoms with Crippen LogP contribution in [-0.2, 0) is 14.8 Å². The Morgan fingerprint density at radius 3 is 2.48 bits per heavy atom. The number of likely N-dealkylation sites (N-methyl/N-ethyl adjacent to an activating group) is 1. The maximum absolute atomic E-state index is 14.1. The fourth-order valence-corrected chi connectivity index (χ4v) is 8.09. The molecular formula is C23H34FN3O3S. The van der Waals surface area contributed by atoms with E-state index in [1.165, 1.54) is 12.1 Å². The summed E-state index contributed by atoms with van der Waals surface area (Å²) in [6.45, 7) is 9.24. The van der Waals surface area contributed by atoms with Crippen molar-refractivity contribution in [3.05, 3.63) is 29.6 Å². The van der Waals surface area contributed by atoms with Crippen LogP contribution in [-0.4, -0.2) is 58.1 Å². The summed E-state index contributed by atoms with van der Waals surface area (Å²) < 4.78 is 43.3. The van der Waals surface area contributed by atoms with Gasteiger partial charge in [0.2, 0.25) is 10.0 Å². The highest BCUT2D eigenvalue weighted by atomic mass is 32.2. The van der Waals surface area contributed by atoms with Gasteiger partial charge in [-0.1, -0.05) is 13.8 Å². The number of Topliss-reactive ketones (excluding diaryl/α,β-unsaturated/α-hetero) is 1. The summed E-state index contributed by atoms with van der Waals surface area (Å²) >= 11 is 0. The van der Waals surface area contributed by atoms with Gasteiger partial charge in [-0.25, -0.2) is 17.5 Å². The number of hydrogen-bond acceptors (Lipinski definition) is 5. The predicted octanol–water partition coefficient (Wildman–Crippen LogP) is 2.95. The first-order chi connectivity index (χ1) is 14.4. The lowest BCUT2D eigenvalue weighted by Crippen LogP contribution is -2.46. The second-order valence-electron chi connectivity index (χ2n) is 10.3. The molecule has 1 aliphatic heterocycles. The van der Waals surface area contributed by atoms with Crippen LogP contribution in [0.15, 0.2) is 18.2 Å². The Labute approximate surface area is 185 Å². The van der Waals surface area contributed by atoms with Crippen molar-refractivity contribution in [2.45, 2.75) is 46.1 Å². The number of halogens is 1. The summed E-state index contributed by atoms with van der Waals surface area (Å²) in [6, 6.07) is 4.00. The number of carbonyl (C=O) groups is 1. The molecule has 1 N–H and O–H groups in total. The molecule has 1 aromatic rings. The van der Waals surface area contributed by atoms with E-state index >= 15 is 0 Å². The lowest BCUT2D eigenvalue weighted by atomic mass is 9.70. The van der Waals surface area contributed by atoms with Gasteiger partial charge in [0.15, 0.2) is 0 Å². The van der Waals surface area contributed by atoms with Crippen LogP contribution in [0.1, 0.15) is 51.6 Å². The molecule has 3 atom stereocenters. The molecule has 0 amide bonds. The third kappa shape index (κ3) is 3.91. The quantitative estimate of drug-likeness (QED) is 0.720. The van der Waals surface area contributed by atoms with Crippen molar-refractivity contribution in [3.8, 4) is 0 Å². The van der Waals surface area contributed by atoms with Gasteiger partial charge in [-0.2, -0.15) is 0 Å². The molecule has 2 bridgehead atoms. The van der Waals surface area contributed by atoms with Crippen molar-refractivity contribution in [2.24, 2.45) is 16.7 Å². The number of anilines is 1. The third-order valence-electron chi connectivity index (χ3n) is 8.23. The minimum atomic E-state index is -3.75. The Bertz CT molecular complexity index is 972. The average Bonchev–Trinajstić information content (AvgIpc) is 3.02. The Morgan fingerprint density at radius 2 is 1.90 bits per heavy atom. The SMILES string of the molecule is CC(NS(=O)(=O)CC12CCC(CC1=O)C2(C)C)c1cc(F)ccc1N1CCN(C)CC1. The normalized spacial score (nSPS) is 29.5. The maximum atomic E-state index is 14.1. The van der Waals surface area contributed by atoms with Crippen LogP contribution in [0.2, 0.25) is 0 Å². The van der Waals surface area contributed by atoms with Crippen LogP contribution in [0.3, 0.4) is 0 Å². The Kier molecular flexibility index (Phi) is 5.72. The fourth-order valence-electron chi connectivity index (χ4n) is 6.01. The Morgan fingerprint density at radius 1 is 1.23 bits per heavy atom. The van der Waals surface area contributed by atoms with Crippen LogP contribution >= 0.6 is 0 Å². The van der Waals surface area contributed by atoms with Gasteiger partial charge in [0.1, 0.15) is 11.6 Å². The van der Waals surface area contributed by atoms with E-state index in [-0.39, 0.29) is 28.7 Å². The standard InChI is InChI=1S/C23H34FN3O3S/c1-16(19-14-18(24)5-6-20(19)27-11-9-26(4)10-12-27)25-31(29,30)15-23-8-7-17(13-21(23)28)22(23,2)3/h5-6,14,16-17,25H,7-13,15H2,1-4H3. The van der Waals surface area contributed by atoms with Gasteiger partial charge in [-0.3, -0.25) is 4.79 Å². The number of rotatable bonds is 6. The zero-order chi connectivity index (χ0) is 22.6. The molecule has 2 aliphatic carbocycles. The number of fused-ring (bicyclic) bond motifs is 2. The molecule has 2 saturated carbocycles. The number of sulfonamides is 1. The molecule has 6 nitrogen and oxygen atoms in total. The van der Waals surface area contributed by atoms with Crippen molar-refractivity contribution in [2.75, 3.05) is 43.9 Å². The molecule has 3 aliphatic rings. The Balaban J connectivity index is 1.56. The van der Waals surface area contributed by atoms with Crippen LogP contribution in [0, 0.1) is 22.6 Å². The van der Waals surface area contributed by atoms with Crippen LogP contribution in [0.4, 0.5) is 10.1 Å². The molecule has 31 heavy (non-hydrogen) atoms. The number of nitrogens with zero attached hydrogens (tertiary/aromatic N) is 2. The smallest absolute Gasteiger partial charge is 0.213 e. The van der Waals surface area contributed by atoms with E-state index in [1.54, 1.807) is 13.0 Å². The zero-order valence-corrected chi connectivity index (χ0v) is 19.8. The molecule has 1 heterocycles. The highest BCUT2D eigenvalue weighted by Gasteiger charge is 2.65. The highest BCUT2D eigenvalue weighted by Crippen LogP contribution is 2.64. The number of hydrogen-bond donors (Lipinski definition) is 1. The van der Waals surface area contributed by atoms with E-state index < -0.39 is 21.5 Å². The molecule has 3 fully saturated rings. The van der Waals surface area contributed by atoms with Gasteiger partial charge in [-0.05, 0) is 61.9 Å². The van der Waals surface area contributed by atoms with Crippen LogP contribution in [0.5, 0.6) is 0 Å². The molecule has 172 valence electrons. The Hall–Kier alpha value is -1.51. The van der Waals surface area contributed by atoms with Crippen molar-refractivity contribution in [3.63, 3.8) is 0 Å². The fraction of sp³-hybridized carbons (Fsp3) is 0.696. The summed E-state index contributed by atoms with van der Waals surface area (Å²) in [5.74, 6) is -0.232. The summed E-state index contributed by atoms with van der Waals surface area (Å²) in [4.78, 5) is 17.2. The summed E-state index contributed by atoms with van der Waals surface area (Å²) in [5.41, 5.74) is 0.366. The van der Waals surface area contributed by atoms with Gasteiger partial charge in [0, 0.05) is 49.7 Å². The highest BCUT2D eigenvalue weighted by molar-refractivity contribution is 7.89. The summed E-state index contributed by atoms with van der Waals surface area (Å²) in [6.07, 6.45) is 2.02. The van der Waals surface area contributed by atoms with Gasteiger partial charge in [-0.15, -0.1) is 0 Å². The lowest BCUT2D eigenvalue weighted by molar-refractivity contribution is -0.128. The molecule has 8 heteroatoms. The van der Waals surface area contributed by atoms with Crippen LogP contribution in [0.25, 0.3) is 0 Å². The zero-order valence-electron chi connectivity index (χ0n) is 18.9. The van der Waals surface area contributed by atoms with E-state index in [0.29, 0.717) is 18.4 Å². The topological polar surface area (TPSA) is 69.7 Å². The van der Waals surface area contributed by atoms with E-state index in [4.69, 9.17) is 0 Å². The third-order valence-corrected chi connectivity index (χ3v) is 9.82. The first-order valence-corrected chi connectivity index (χ1v) is 12.9. The molecule has 0 spiro atoms. The van der Waals surface area contributed by atoms with Crippen molar-refractivity contribution in [1.82, 2.24) is 9.62 Å². The number of carbonyl (C=O) groups excluding carboxylic acids is 1. The first kappa shape index (κ1) is 22.7. The number of piperazine rings is 1. The molecule has 4 rings (SSSR count). The van der Waals surface area contributed by atoms with Gasteiger partial charge >= 0.3 is 0 Å². The van der Waals surface area contributed by atoms with Gasteiger partial charge < -0.3 is 9.80 Å². The summed E-state index contributed by atoms with van der Waals surface area (Å²) in [5, 5.41) is 0. The van der Waals surface area contributed by atoms with Gasteiger partial charge in [0.05, 0.1) is 5.75 Å².